The van der Waals surface area contributed by atoms with Gasteiger partial charge in [0.1, 0.15) is 5.69 Å². The fourth-order valence-electron chi connectivity index (χ4n) is 2.60. The number of halogens is 2. The molecule has 1 aromatic rings. The van der Waals surface area contributed by atoms with Crippen molar-refractivity contribution in [3.63, 3.8) is 0 Å². The second-order valence-electron chi connectivity index (χ2n) is 5.09. The molecule has 0 aromatic heterocycles. The molecular formula is C13H16Cl2N2O2. The lowest BCUT2D eigenvalue weighted by Crippen LogP contribution is -2.17. The van der Waals surface area contributed by atoms with Gasteiger partial charge in [0.25, 0.3) is 5.69 Å². The van der Waals surface area contributed by atoms with Crippen LogP contribution in [0, 0.1) is 22.0 Å². The van der Waals surface area contributed by atoms with Crippen molar-refractivity contribution in [1.29, 1.82) is 0 Å². The van der Waals surface area contributed by atoms with E-state index in [0.29, 0.717) is 22.5 Å². The van der Waals surface area contributed by atoms with E-state index in [1.165, 1.54) is 31.4 Å². The molecule has 1 aromatic carbocycles. The van der Waals surface area contributed by atoms with Crippen LogP contribution in [0.15, 0.2) is 12.1 Å². The summed E-state index contributed by atoms with van der Waals surface area (Å²) in [5, 5.41) is 14.7. The molecule has 4 nitrogen and oxygen atoms in total. The number of nitrogens with zero attached hydrogens (tertiary/aromatic N) is 1. The molecule has 0 aliphatic heterocycles. The SMILES string of the molecule is CC1CCCC1CNc1cc(Cl)c(Cl)cc1[N+](=O)[O-]. The Morgan fingerprint density at radius 3 is 2.63 bits per heavy atom. The number of hydrogen-bond donors (Lipinski definition) is 1. The molecule has 1 aliphatic carbocycles. The van der Waals surface area contributed by atoms with Crippen LogP contribution < -0.4 is 5.32 Å². The highest BCUT2D eigenvalue weighted by Gasteiger charge is 2.24. The van der Waals surface area contributed by atoms with Crippen LogP contribution in [0.3, 0.4) is 0 Å². The van der Waals surface area contributed by atoms with E-state index >= 15 is 0 Å². The van der Waals surface area contributed by atoms with E-state index in [1.807, 2.05) is 0 Å². The Balaban J connectivity index is 2.14. The second kappa shape index (κ2) is 5.97. The number of rotatable bonds is 4. The van der Waals surface area contributed by atoms with E-state index in [0.717, 1.165) is 6.54 Å². The molecule has 1 fully saturated rings. The molecule has 0 bridgehead atoms. The second-order valence-corrected chi connectivity index (χ2v) is 5.90. The lowest BCUT2D eigenvalue weighted by Gasteiger charge is -2.17. The molecule has 1 saturated carbocycles. The van der Waals surface area contributed by atoms with Crippen LogP contribution >= 0.6 is 23.2 Å². The van der Waals surface area contributed by atoms with E-state index in [-0.39, 0.29) is 10.7 Å². The third-order valence-electron chi connectivity index (χ3n) is 3.83. The Morgan fingerprint density at radius 2 is 2.05 bits per heavy atom. The first-order chi connectivity index (χ1) is 8.99. The van der Waals surface area contributed by atoms with Gasteiger partial charge in [0.05, 0.1) is 15.0 Å². The number of anilines is 1. The molecule has 0 radical (unpaired) electrons. The van der Waals surface area contributed by atoms with Crippen LogP contribution in [-0.4, -0.2) is 11.5 Å². The molecule has 0 amide bonds. The van der Waals surface area contributed by atoms with Gasteiger partial charge in [-0.05, 0) is 24.3 Å². The number of nitro benzene ring substituents is 1. The molecule has 0 saturated heterocycles. The fourth-order valence-corrected chi connectivity index (χ4v) is 2.92. The quantitative estimate of drug-likeness (QED) is 0.645. The van der Waals surface area contributed by atoms with E-state index in [4.69, 9.17) is 23.2 Å². The van der Waals surface area contributed by atoms with Gasteiger partial charge in [0.15, 0.2) is 0 Å². The average Bonchev–Trinajstić information content (AvgIpc) is 2.75. The summed E-state index contributed by atoms with van der Waals surface area (Å²) in [6, 6.07) is 2.83. The molecule has 19 heavy (non-hydrogen) atoms. The maximum atomic E-state index is 11.0. The molecule has 1 aliphatic rings. The van der Waals surface area contributed by atoms with E-state index < -0.39 is 4.92 Å². The van der Waals surface area contributed by atoms with Crippen LogP contribution in [0.25, 0.3) is 0 Å². The van der Waals surface area contributed by atoms with Gasteiger partial charge in [-0.3, -0.25) is 10.1 Å². The minimum Gasteiger partial charge on any atom is -0.379 e. The van der Waals surface area contributed by atoms with Gasteiger partial charge in [-0.1, -0.05) is 43.0 Å². The first-order valence-electron chi connectivity index (χ1n) is 6.36. The summed E-state index contributed by atoms with van der Waals surface area (Å²) >= 11 is 11.7. The average molecular weight is 303 g/mol. The highest BCUT2D eigenvalue weighted by atomic mass is 35.5. The van der Waals surface area contributed by atoms with Gasteiger partial charge >= 0.3 is 0 Å². The van der Waals surface area contributed by atoms with Crippen LogP contribution in [-0.2, 0) is 0 Å². The summed E-state index contributed by atoms with van der Waals surface area (Å²) in [5.41, 5.74) is 0.415. The predicted octanol–water partition coefficient (Wildman–Crippen LogP) is 4.75. The van der Waals surface area contributed by atoms with Gasteiger partial charge in [0, 0.05) is 12.6 Å². The molecule has 104 valence electrons. The largest absolute Gasteiger partial charge is 0.379 e. The smallest absolute Gasteiger partial charge is 0.293 e. The van der Waals surface area contributed by atoms with E-state index in [1.54, 1.807) is 0 Å². The molecular weight excluding hydrogens is 287 g/mol. The molecule has 0 heterocycles. The summed E-state index contributed by atoms with van der Waals surface area (Å²) in [4.78, 5) is 10.6. The zero-order valence-corrected chi connectivity index (χ0v) is 12.2. The van der Waals surface area contributed by atoms with E-state index in [2.05, 4.69) is 12.2 Å². The lowest BCUT2D eigenvalue weighted by molar-refractivity contribution is -0.383. The van der Waals surface area contributed by atoms with Gasteiger partial charge in [-0.15, -0.1) is 0 Å². The Morgan fingerprint density at radius 1 is 1.37 bits per heavy atom. The zero-order valence-electron chi connectivity index (χ0n) is 10.7. The summed E-state index contributed by atoms with van der Waals surface area (Å²) in [6.07, 6.45) is 3.64. The number of nitrogens with one attached hydrogen (secondary N) is 1. The monoisotopic (exact) mass is 302 g/mol. The van der Waals surface area contributed by atoms with Crippen LogP contribution in [0.5, 0.6) is 0 Å². The summed E-state index contributed by atoms with van der Waals surface area (Å²) in [6.45, 7) is 2.96. The minimum absolute atomic E-state index is 0.0277. The van der Waals surface area contributed by atoms with Crippen molar-refractivity contribution in [1.82, 2.24) is 0 Å². The maximum absolute atomic E-state index is 11.0. The highest BCUT2D eigenvalue weighted by molar-refractivity contribution is 6.42. The summed E-state index contributed by atoms with van der Waals surface area (Å²) in [5.74, 6) is 1.23. The lowest BCUT2D eigenvalue weighted by atomic mass is 9.98. The summed E-state index contributed by atoms with van der Waals surface area (Å²) in [7, 11) is 0. The molecule has 2 atom stereocenters. The summed E-state index contributed by atoms with van der Waals surface area (Å²) < 4.78 is 0. The van der Waals surface area contributed by atoms with Crippen LogP contribution in [0.4, 0.5) is 11.4 Å². The van der Waals surface area contributed by atoms with Crippen molar-refractivity contribution in [2.24, 2.45) is 11.8 Å². The third kappa shape index (κ3) is 3.31. The molecule has 1 N–H and O–H groups in total. The third-order valence-corrected chi connectivity index (χ3v) is 4.55. The molecule has 6 heteroatoms. The van der Waals surface area contributed by atoms with Crippen molar-refractivity contribution in [2.75, 3.05) is 11.9 Å². The maximum Gasteiger partial charge on any atom is 0.293 e. The molecule has 2 unspecified atom stereocenters. The number of nitro groups is 1. The topological polar surface area (TPSA) is 55.2 Å². The Bertz CT molecular complexity index is 494. The standard InChI is InChI=1S/C13H16Cl2N2O2/c1-8-3-2-4-9(8)7-16-12-5-10(14)11(15)6-13(12)17(18)19/h5-6,8-9,16H,2-4,7H2,1H3. The van der Waals surface area contributed by atoms with Gasteiger partial charge in [-0.2, -0.15) is 0 Å². The Labute approximate surface area is 122 Å². The number of benzene rings is 1. The number of hydrogen-bond acceptors (Lipinski definition) is 3. The van der Waals surface area contributed by atoms with Gasteiger partial charge in [0.2, 0.25) is 0 Å². The highest BCUT2D eigenvalue weighted by Crippen LogP contribution is 2.36. The van der Waals surface area contributed by atoms with E-state index in [9.17, 15) is 10.1 Å². The van der Waals surface area contributed by atoms with Gasteiger partial charge in [-0.25, -0.2) is 0 Å². The predicted molar refractivity (Wildman–Crippen MR) is 78.1 cm³/mol. The minimum atomic E-state index is -0.442. The first kappa shape index (κ1) is 14.4. The van der Waals surface area contributed by atoms with Crippen molar-refractivity contribution in [3.05, 3.63) is 32.3 Å². The van der Waals surface area contributed by atoms with Crippen molar-refractivity contribution in [2.45, 2.75) is 26.2 Å². The van der Waals surface area contributed by atoms with Crippen molar-refractivity contribution in [3.8, 4) is 0 Å². The zero-order chi connectivity index (χ0) is 14.0. The van der Waals surface area contributed by atoms with Crippen LogP contribution in [0.2, 0.25) is 10.0 Å². The molecule has 0 spiro atoms. The van der Waals surface area contributed by atoms with Crippen LogP contribution in [0.1, 0.15) is 26.2 Å². The molecule has 2 rings (SSSR count). The van der Waals surface area contributed by atoms with Gasteiger partial charge < -0.3 is 5.32 Å². The Kier molecular flexibility index (Phi) is 4.53. The van der Waals surface area contributed by atoms with Crippen molar-refractivity contribution < 1.29 is 4.92 Å². The fraction of sp³-hybridized carbons (Fsp3) is 0.538. The first-order valence-corrected chi connectivity index (χ1v) is 7.12. The normalized spacial score (nSPS) is 22.5. The Hall–Kier alpha value is -1.00. The van der Waals surface area contributed by atoms with Crippen molar-refractivity contribution >= 4 is 34.6 Å².